The largest absolute Gasteiger partial charge is 0.357 e. The molecule has 0 bridgehead atoms. The normalized spacial score (nSPS) is 17.0. The van der Waals surface area contributed by atoms with Crippen LogP contribution in [0.5, 0.6) is 0 Å². The number of aromatic amines is 1. The van der Waals surface area contributed by atoms with E-state index in [1.165, 1.54) is 22.8 Å². The number of carbonyl (C=O) groups excluding carboxylic acids is 2. The number of benzene rings is 1. The highest BCUT2D eigenvalue weighted by Crippen LogP contribution is 2.30. The minimum absolute atomic E-state index is 0.0766. The van der Waals surface area contributed by atoms with E-state index in [1.54, 1.807) is 0 Å². The number of hydrogen-bond donors (Lipinski definition) is 1. The molecule has 3 amide bonds. The first-order valence-electron chi connectivity index (χ1n) is 8.70. The first-order chi connectivity index (χ1) is 11.5. The van der Waals surface area contributed by atoms with Gasteiger partial charge in [-0.05, 0) is 31.4 Å². The fourth-order valence-corrected chi connectivity index (χ4v) is 3.47. The quantitative estimate of drug-likeness (QED) is 0.935. The zero-order chi connectivity index (χ0) is 17.3. The molecule has 0 saturated heterocycles. The summed E-state index contributed by atoms with van der Waals surface area (Å²) in [5, 5.41) is 1.24. The Morgan fingerprint density at radius 2 is 2.08 bits per heavy atom. The van der Waals surface area contributed by atoms with Crippen LogP contribution in [-0.2, 0) is 17.8 Å². The van der Waals surface area contributed by atoms with Crippen LogP contribution in [0.25, 0.3) is 10.9 Å². The van der Waals surface area contributed by atoms with Crippen molar-refractivity contribution in [2.75, 3.05) is 6.54 Å². The third-order valence-electron chi connectivity index (χ3n) is 4.85. The van der Waals surface area contributed by atoms with E-state index in [0.29, 0.717) is 13.1 Å². The molecule has 0 aliphatic carbocycles. The van der Waals surface area contributed by atoms with Gasteiger partial charge in [0.1, 0.15) is 0 Å². The van der Waals surface area contributed by atoms with Crippen molar-refractivity contribution < 1.29 is 9.59 Å². The summed E-state index contributed by atoms with van der Waals surface area (Å²) >= 11 is 0. The SMILES string of the molecule is CCCCN(C(C)=O)C(=O)N1Cc2[nH]c3ccccc3c2CC1C. The number of nitrogens with one attached hydrogen (secondary N) is 1. The van der Waals surface area contributed by atoms with Crippen molar-refractivity contribution in [1.82, 2.24) is 14.8 Å². The van der Waals surface area contributed by atoms with E-state index in [-0.39, 0.29) is 18.0 Å². The van der Waals surface area contributed by atoms with E-state index in [2.05, 4.69) is 31.0 Å². The number of unbranched alkanes of at least 4 members (excludes halogenated alkanes) is 1. The number of urea groups is 1. The third-order valence-corrected chi connectivity index (χ3v) is 4.85. The second-order valence-corrected chi connectivity index (χ2v) is 6.62. The summed E-state index contributed by atoms with van der Waals surface area (Å²) in [5.74, 6) is -0.178. The average molecular weight is 327 g/mol. The molecular formula is C19H25N3O2. The van der Waals surface area contributed by atoms with E-state index in [4.69, 9.17) is 0 Å². The monoisotopic (exact) mass is 327 g/mol. The molecule has 2 aromatic rings. The Morgan fingerprint density at radius 1 is 1.33 bits per heavy atom. The number of amides is 3. The summed E-state index contributed by atoms with van der Waals surface area (Å²) in [7, 11) is 0. The predicted molar refractivity (Wildman–Crippen MR) is 94.7 cm³/mol. The van der Waals surface area contributed by atoms with Crippen LogP contribution in [0.3, 0.4) is 0 Å². The lowest BCUT2D eigenvalue weighted by atomic mass is 9.98. The Hall–Kier alpha value is -2.30. The Kier molecular flexibility index (Phi) is 4.60. The second-order valence-electron chi connectivity index (χ2n) is 6.62. The highest BCUT2D eigenvalue weighted by molar-refractivity contribution is 5.94. The molecule has 0 spiro atoms. The zero-order valence-corrected chi connectivity index (χ0v) is 14.6. The molecular weight excluding hydrogens is 302 g/mol. The number of carbonyl (C=O) groups is 2. The van der Waals surface area contributed by atoms with Crippen LogP contribution in [0.15, 0.2) is 24.3 Å². The average Bonchev–Trinajstić information content (AvgIpc) is 2.91. The van der Waals surface area contributed by atoms with Crippen molar-refractivity contribution in [3.8, 4) is 0 Å². The van der Waals surface area contributed by atoms with Gasteiger partial charge >= 0.3 is 6.03 Å². The maximum Gasteiger partial charge on any atom is 0.327 e. The van der Waals surface area contributed by atoms with E-state index in [1.807, 2.05) is 17.0 Å². The zero-order valence-electron chi connectivity index (χ0n) is 14.6. The summed E-state index contributed by atoms with van der Waals surface area (Å²) in [4.78, 5) is 31.4. The molecule has 0 saturated carbocycles. The summed E-state index contributed by atoms with van der Waals surface area (Å²) in [6.45, 7) is 6.60. The van der Waals surface area contributed by atoms with Crippen molar-refractivity contribution in [2.24, 2.45) is 0 Å². The molecule has 1 atom stereocenters. The number of rotatable bonds is 3. The van der Waals surface area contributed by atoms with Gasteiger partial charge in [-0.1, -0.05) is 31.5 Å². The van der Waals surface area contributed by atoms with Gasteiger partial charge < -0.3 is 9.88 Å². The molecule has 3 rings (SSSR count). The Morgan fingerprint density at radius 3 is 2.79 bits per heavy atom. The van der Waals surface area contributed by atoms with Gasteiger partial charge in [-0.25, -0.2) is 4.79 Å². The molecule has 1 aromatic heterocycles. The second kappa shape index (κ2) is 6.67. The lowest BCUT2D eigenvalue weighted by Gasteiger charge is -2.36. The Bertz CT molecular complexity index is 765. The van der Waals surface area contributed by atoms with Gasteiger partial charge in [-0.3, -0.25) is 9.69 Å². The lowest BCUT2D eigenvalue weighted by Crippen LogP contribution is -2.51. The first-order valence-corrected chi connectivity index (χ1v) is 8.70. The van der Waals surface area contributed by atoms with E-state index >= 15 is 0 Å². The fraction of sp³-hybridized carbons (Fsp3) is 0.474. The van der Waals surface area contributed by atoms with Crippen molar-refractivity contribution in [2.45, 2.75) is 52.6 Å². The van der Waals surface area contributed by atoms with Crippen molar-refractivity contribution in [1.29, 1.82) is 0 Å². The number of imide groups is 1. The van der Waals surface area contributed by atoms with Crippen LogP contribution < -0.4 is 0 Å². The van der Waals surface area contributed by atoms with Gasteiger partial charge in [0.25, 0.3) is 0 Å². The van der Waals surface area contributed by atoms with E-state index in [9.17, 15) is 9.59 Å². The summed E-state index contributed by atoms with van der Waals surface area (Å²) < 4.78 is 0. The first kappa shape index (κ1) is 16.6. The number of fused-ring (bicyclic) bond motifs is 3. The number of hydrogen-bond acceptors (Lipinski definition) is 2. The standard InChI is InChI=1S/C19H25N3O2/c1-4-5-10-21(14(3)23)19(24)22-12-18-16(11-13(22)2)15-8-6-7-9-17(15)20-18/h6-9,13,20H,4-5,10-12H2,1-3H3. The highest BCUT2D eigenvalue weighted by atomic mass is 16.2. The molecule has 5 heteroatoms. The van der Waals surface area contributed by atoms with Crippen LogP contribution in [0, 0.1) is 0 Å². The van der Waals surface area contributed by atoms with Crippen molar-refractivity contribution in [3.63, 3.8) is 0 Å². The minimum atomic E-state index is -0.178. The van der Waals surface area contributed by atoms with Gasteiger partial charge in [-0.2, -0.15) is 0 Å². The molecule has 0 radical (unpaired) electrons. The molecule has 1 unspecified atom stereocenters. The predicted octanol–water partition coefficient (Wildman–Crippen LogP) is 3.68. The van der Waals surface area contributed by atoms with Gasteiger partial charge in [-0.15, -0.1) is 0 Å². The Labute approximate surface area is 142 Å². The van der Waals surface area contributed by atoms with Crippen LogP contribution >= 0.6 is 0 Å². The van der Waals surface area contributed by atoms with Gasteiger partial charge in [0.2, 0.25) is 5.91 Å². The molecule has 1 aromatic carbocycles. The van der Waals surface area contributed by atoms with E-state index < -0.39 is 0 Å². The molecule has 0 fully saturated rings. The molecule has 24 heavy (non-hydrogen) atoms. The van der Waals surface area contributed by atoms with Crippen LogP contribution in [-0.4, -0.2) is 39.3 Å². The van der Waals surface area contributed by atoms with E-state index in [0.717, 1.165) is 30.5 Å². The van der Waals surface area contributed by atoms with Gasteiger partial charge in [0, 0.05) is 36.1 Å². The molecule has 128 valence electrons. The van der Waals surface area contributed by atoms with Gasteiger partial charge in [0.15, 0.2) is 0 Å². The molecule has 1 N–H and O–H groups in total. The van der Waals surface area contributed by atoms with Crippen molar-refractivity contribution in [3.05, 3.63) is 35.5 Å². The van der Waals surface area contributed by atoms with Crippen LogP contribution in [0.2, 0.25) is 0 Å². The number of H-pyrrole nitrogens is 1. The lowest BCUT2D eigenvalue weighted by molar-refractivity contribution is -0.126. The minimum Gasteiger partial charge on any atom is -0.357 e. The maximum absolute atomic E-state index is 12.9. The highest BCUT2D eigenvalue weighted by Gasteiger charge is 2.32. The number of aromatic nitrogens is 1. The summed E-state index contributed by atoms with van der Waals surface area (Å²) in [6, 6.07) is 8.14. The summed E-state index contributed by atoms with van der Waals surface area (Å²) in [5.41, 5.74) is 3.49. The smallest absolute Gasteiger partial charge is 0.327 e. The molecule has 5 nitrogen and oxygen atoms in total. The summed E-state index contributed by atoms with van der Waals surface area (Å²) in [6.07, 6.45) is 2.61. The van der Waals surface area contributed by atoms with Crippen molar-refractivity contribution >= 4 is 22.8 Å². The molecule has 1 aliphatic heterocycles. The number of para-hydroxylation sites is 1. The molecule has 1 aliphatic rings. The maximum atomic E-state index is 12.9. The fourth-order valence-electron chi connectivity index (χ4n) is 3.47. The van der Waals surface area contributed by atoms with Gasteiger partial charge in [0.05, 0.1) is 6.54 Å². The molecule has 2 heterocycles. The topological polar surface area (TPSA) is 56.4 Å². The third kappa shape index (κ3) is 2.90. The Balaban J connectivity index is 1.87. The van der Waals surface area contributed by atoms with Crippen LogP contribution in [0.4, 0.5) is 4.79 Å². The number of nitrogens with zero attached hydrogens (tertiary/aromatic N) is 2. The van der Waals surface area contributed by atoms with Crippen LogP contribution in [0.1, 0.15) is 44.9 Å².